The molecule has 0 aliphatic heterocycles. The van der Waals surface area contributed by atoms with Crippen LogP contribution in [0.4, 0.5) is 0 Å². The van der Waals surface area contributed by atoms with E-state index in [0.29, 0.717) is 6.54 Å². The van der Waals surface area contributed by atoms with Crippen LogP contribution in [0.5, 0.6) is 0 Å². The summed E-state index contributed by atoms with van der Waals surface area (Å²) in [6.07, 6.45) is 0.835. The molecule has 0 rings (SSSR count). The highest BCUT2D eigenvalue weighted by atomic mass is 32.2. The Hall–Kier alpha value is -0.130. The van der Waals surface area contributed by atoms with E-state index in [1.165, 1.54) is 4.31 Å². The van der Waals surface area contributed by atoms with Gasteiger partial charge in [0.25, 0.3) is 0 Å². The number of sulfonamides is 1. The first kappa shape index (κ1) is 13.9. The zero-order valence-corrected chi connectivity index (χ0v) is 10.6. The molecule has 0 fully saturated rings. The summed E-state index contributed by atoms with van der Waals surface area (Å²) in [5.41, 5.74) is 0. The van der Waals surface area contributed by atoms with E-state index < -0.39 is 10.0 Å². The molecule has 0 aliphatic rings. The lowest BCUT2D eigenvalue weighted by Gasteiger charge is -2.26. The second-order valence-corrected chi connectivity index (χ2v) is 6.10. The van der Waals surface area contributed by atoms with Crippen LogP contribution in [0.2, 0.25) is 0 Å². The molecule has 0 spiro atoms. The Labute approximate surface area is 87.7 Å². The maximum absolute atomic E-state index is 11.9. The Morgan fingerprint density at radius 2 is 1.86 bits per heavy atom. The number of hydrogen-bond donors (Lipinski definition) is 1. The molecule has 0 heterocycles. The van der Waals surface area contributed by atoms with Gasteiger partial charge in [0.2, 0.25) is 10.0 Å². The van der Waals surface area contributed by atoms with Gasteiger partial charge in [-0.05, 0) is 27.3 Å². The van der Waals surface area contributed by atoms with E-state index in [0.717, 1.165) is 6.42 Å². The van der Waals surface area contributed by atoms with Crippen LogP contribution in [0.15, 0.2) is 0 Å². The van der Waals surface area contributed by atoms with Crippen LogP contribution in [-0.4, -0.2) is 44.7 Å². The highest BCUT2D eigenvalue weighted by Crippen LogP contribution is 2.11. The molecule has 4 nitrogen and oxygen atoms in total. The van der Waals surface area contributed by atoms with Crippen molar-refractivity contribution >= 4 is 10.0 Å². The van der Waals surface area contributed by atoms with E-state index in [1.54, 1.807) is 21.0 Å². The zero-order chi connectivity index (χ0) is 11.4. The molecule has 2 atom stereocenters. The summed E-state index contributed by atoms with van der Waals surface area (Å²) in [5.74, 6) is 0. The van der Waals surface area contributed by atoms with Crippen LogP contribution in [-0.2, 0) is 10.0 Å². The van der Waals surface area contributed by atoms with Gasteiger partial charge in [-0.1, -0.05) is 6.92 Å². The summed E-state index contributed by atoms with van der Waals surface area (Å²) in [6, 6.07) is 0.0688. The van der Waals surface area contributed by atoms with Crippen molar-refractivity contribution in [3.8, 4) is 0 Å². The van der Waals surface area contributed by atoms with Gasteiger partial charge in [-0.2, -0.15) is 0 Å². The fraction of sp³-hybridized carbons (Fsp3) is 1.00. The quantitative estimate of drug-likeness (QED) is 0.718. The van der Waals surface area contributed by atoms with Gasteiger partial charge in [-0.3, -0.25) is 0 Å². The summed E-state index contributed by atoms with van der Waals surface area (Å²) in [6.45, 7) is 6.12. The Morgan fingerprint density at radius 3 is 2.21 bits per heavy atom. The average Bonchev–Trinajstić information content (AvgIpc) is 2.15. The molecule has 0 aromatic rings. The summed E-state index contributed by atoms with van der Waals surface area (Å²) in [5, 5.41) is 2.51. The van der Waals surface area contributed by atoms with E-state index in [9.17, 15) is 8.42 Å². The molecule has 0 aliphatic carbocycles. The standard InChI is InChI=1S/C9H22N2O2S/c1-6-8(2)11(5)14(12,13)9(3)7-10-4/h8-10H,6-7H2,1-5H3. The lowest BCUT2D eigenvalue weighted by molar-refractivity contribution is 0.375. The molecule has 0 aromatic heterocycles. The third-order valence-electron chi connectivity index (χ3n) is 2.61. The minimum absolute atomic E-state index is 0.0688. The SMILES string of the molecule is CCC(C)N(C)S(=O)(=O)C(C)CNC. The predicted molar refractivity (Wildman–Crippen MR) is 59.8 cm³/mol. The summed E-state index contributed by atoms with van der Waals surface area (Å²) < 4.78 is 25.3. The van der Waals surface area contributed by atoms with Crippen LogP contribution in [0.1, 0.15) is 27.2 Å². The highest BCUT2D eigenvalue weighted by Gasteiger charge is 2.27. The molecule has 0 saturated carbocycles. The van der Waals surface area contributed by atoms with E-state index in [1.807, 2.05) is 13.8 Å². The van der Waals surface area contributed by atoms with Crippen LogP contribution in [0, 0.1) is 0 Å². The summed E-state index contributed by atoms with van der Waals surface area (Å²) >= 11 is 0. The number of nitrogens with one attached hydrogen (secondary N) is 1. The zero-order valence-electron chi connectivity index (χ0n) is 9.74. The van der Waals surface area contributed by atoms with Crippen LogP contribution in [0.3, 0.4) is 0 Å². The van der Waals surface area contributed by atoms with E-state index in [-0.39, 0.29) is 11.3 Å². The monoisotopic (exact) mass is 222 g/mol. The molecule has 0 radical (unpaired) electrons. The van der Waals surface area contributed by atoms with Gasteiger partial charge in [-0.15, -0.1) is 0 Å². The number of nitrogens with zero attached hydrogens (tertiary/aromatic N) is 1. The Bertz CT molecular complexity index is 252. The van der Waals surface area contributed by atoms with Crippen molar-refractivity contribution in [3.63, 3.8) is 0 Å². The van der Waals surface area contributed by atoms with Gasteiger partial charge in [0.1, 0.15) is 0 Å². The smallest absolute Gasteiger partial charge is 0.217 e. The molecular weight excluding hydrogens is 200 g/mol. The lowest BCUT2D eigenvalue weighted by atomic mass is 10.3. The van der Waals surface area contributed by atoms with Crippen molar-refractivity contribution in [1.82, 2.24) is 9.62 Å². The normalized spacial score (nSPS) is 17.0. The third kappa shape index (κ3) is 3.22. The molecule has 0 saturated heterocycles. The molecule has 14 heavy (non-hydrogen) atoms. The molecule has 1 N–H and O–H groups in total. The van der Waals surface area contributed by atoms with Gasteiger partial charge in [0.15, 0.2) is 0 Å². The minimum Gasteiger partial charge on any atom is -0.318 e. The summed E-state index contributed by atoms with van der Waals surface area (Å²) in [4.78, 5) is 0. The maximum atomic E-state index is 11.9. The van der Waals surface area contributed by atoms with E-state index in [2.05, 4.69) is 5.32 Å². The van der Waals surface area contributed by atoms with Crippen molar-refractivity contribution in [2.24, 2.45) is 0 Å². The Kier molecular flexibility index (Phi) is 5.63. The molecule has 0 aromatic carbocycles. The second kappa shape index (κ2) is 5.68. The third-order valence-corrected chi connectivity index (χ3v) is 4.96. The molecule has 5 heteroatoms. The van der Waals surface area contributed by atoms with E-state index in [4.69, 9.17) is 0 Å². The lowest BCUT2D eigenvalue weighted by Crippen LogP contribution is -2.43. The van der Waals surface area contributed by atoms with Crippen LogP contribution in [0.25, 0.3) is 0 Å². The van der Waals surface area contributed by atoms with Crippen molar-refractivity contribution in [2.45, 2.75) is 38.5 Å². The topological polar surface area (TPSA) is 49.4 Å². The van der Waals surface area contributed by atoms with Gasteiger partial charge < -0.3 is 5.32 Å². The van der Waals surface area contributed by atoms with Gasteiger partial charge in [-0.25, -0.2) is 12.7 Å². The Morgan fingerprint density at radius 1 is 1.36 bits per heavy atom. The number of hydrogen-bond acceptors (Lipinski definition) is 3. The fourth-order valence-corrected chi connectivity index (χ4v) is 2.78. The van der Waals surface area contributed by atoms with Crippen molar-refractivity contribution < 1.29 is 8.42 Å². The van der Waals surface area contributed by atoms with Crippen LogP contribution >= 0.6 is 0 Å². The van der Waals surface area contributed by atoms with Crippen molar-refractivity contribution in [3.05, 3.63) is 0 Å². The molecule has 0 bridgehead atoms. The summed E-state index contributed by atoms with van der Waals surface area (Å²) in [7, 11) is 0.266. The predicted octanol–water partition coefficient (Wildman–Crippen LogP) is 0.654. The Balaban J connectivity index is 4.61. The average molecular weight is 222 g/mol. The van der Waals surface area contributed by atoms with E-state index >= 15 is 0 Å². The van der Waals surface area contributed by atoms with Gasteiger partial charge >= 0.3 is 0 Å². The minimum atomic E-state index is -3.14. The molecule has 2 unspecified atom stereocenters. The van der Waals surface area contributed by atoms with Gasteiger partial charge in [0, 0.05) is 19.6 Å². The first-order valence-electron chi connectivity index (χ1n) is 4.99. The molecule has 0 amide bonds. The van der Waals surface area contributed by atoms with Crippen LogP contribution < -0.4 is 5.32 Å². The first-order valence-corrected chi connectivity index (χ1v) is 6.49. The largest absolute Gasteiger partial charge is 0.318 e. The molecular formula is C9H22N2O2S. The fourth-order valence-electron chi connectivity index (χ4n) is 1.18. The van der Waals surface area contributed by atoms with Gasteiger partial charge in [0.05, 0.1) is 5.25 Å². The highest BCUT2D eigenvalue weighted by molar-refractivity contribution is 7.89. The maximum Gasteiger partial charge on any atom is 0.217 e. The van der Waals surface area contributed by atoms with Crippen molar-refractivity contribution in [2.75, 3.05) is 20.6 Å². The first-order chi connectivity index (χ1) is 6.37. The number of rotatable bonds is 6. The molecule has 86 valence electrons. The second-order valence-electron chi connectivity index (χ2n) is 3.69. The van der Waals surface area contributed by atoms with Crippen molar-refractivity contribution in [1.29, 1.82) is 0 Å².